The second-order valence-corrected chi connectivity index (χ2v) is 8.79. The van der Waals surface area contributed by atoms with E-state index in [1.807, 2.05) is 0 Å². The molecule has 0 spiro atoms. The second kappa shape index (κ2) is 7.07. The highest BCUT2D eigenvalue weighted by molar-refractivity contribution is 5.75. The Labute approximate surface area is 168 Å². The predicted octanol–water partition coefficient (Wildman–Crippen LogP) is 3.78. The first-order valence-corrected chi connectivity index (χ1v) is 10.5. The smallest absolute Gasteiger partial charge is 0.375 e. The number of benzene rings is 1. The predicted molar refractivity (Wildman–Crippen MR) is 102 cm³/mol. The number of hydrogen-bond donors (Lipinski definition) is 1. The largest absolute Gasteiger partial charge is 0.416 e. The summed E-state index contributed by atoms with van der Waals surface area (Å²) in [4.78, 5) is 17.1. The van der Waals surface area contributed by atoms with Crippen LogP contribution >= 0.6 is 0 Å². The minimum atomic E-state index is -4.31. The van der Waals surface area contributed by atoms with Crippen LogP contribution in [-0.4, -0.2) is 54.4 Å². The highest BCUT2D eigenvalue weighted by Gasteiger charge is 2.49. The van der Waals surface area contributed by atoms with Crippen LogP contribution in [0.5, 0.6) is 0 Å². The molecule has 0 unspecified atom stereocenters. The fourth-order valence-corrected chi connectivity index (χ4v) is 5.57. The number of nitrogens with zero attached hydrogens (tertiary/aromatic N) is 2. The van der Waals surface area contributed by atoms with Crippen LogP contribution in [0.2, 0.25) is 0 Å². The van der Waals surface area contributed by atoms with E-state index in [1.54, 1.807) is 0 Å². The van der Waals surface area contributed by atoms with E-state index in [1.165, 1.54) is 12.1 Å². The molecule has 1 aromatic rings. The minimum Gasteiger partial charge on any atom is -0.375 e. The van der Waals surface area contributed by atoms with Gasteiger partial charge in [0, 0.05) is 36.9 Å². The van der Waals surface area contributed by atoms with Gasteiger partial charge in [0.25, 0.3) is 0 Å². The van der Waals surface area contributed by atoms with Crippen molar-refractivity contribution in [2.24, 2.45) is 0 Å². The maximum atomic E-state index is 12.9. The Morgan fingerprint density at radius 3 is 2.03 bits per heavy atom. The molecule has 0 saturated carbocycles. The zero-order chi connectivity index (χ0) is 20.2. The van der Waals surface area contributed by atoms with Crippen LogP contribution in [0, 0.1) is 0 Å². The molecule has 2 amide bonds. The third-order valence-electron chi connectivity index (χ3n) is 6.93. The Morgan fingerprint density at radius 2 is 1.52 bits per heavy atom. The van der Waals surface area contributed by atoms with Crippen LogP contribution in [0.25, 0.3) is 0 Å². The normalized spacial score (nSPS) is 32.0. The van der Waals surface area contributed by atoms with Gasteiger partial charge < -0.3 is 19.9 Å². The van der Waals surface area contributed by atoms with Gasteiger partial charge in [0.15, 0.2) is 0 Å². The van der Waals surface area contributed by atoms with Gasteiger partial charge in [0.2, 0.25) is 0 Å². The molecule has 29 heavy (non-hydrogen) atoms. The van der Waals surface area contributed by atoms with Gasteiger partial charge >= 0.3 is 12.2 Å². The highest BCUT2D eigenvalue weighted by atomic mass is 19.4. The zero-order valence-electron chi connectivity index (χ0n) is 16.2. The molecule has 0 aliphatic carbocycles. The summed E-state index contributed by atoms with van der Waals surface area (Å²) < 4.78 is 44.2. The Kier molecular flexibility index (Phi) is 4.64. The zero-order valence-corrected chi connectivity index (χ0v) is 16.2. The van der Waals surface area contributed by atoms with Crippen molar-refractivity contribution in [3.63, 3.8) is 0 Å². The molecule has 4 bridgehead atoms. The summed E-state index contributed by atoms with van der Waals surface area (Å²) in [5.74, 6) is 0. The Morgan fingerprint density at radius 1 is 0.966 bits per heavy atom. The van der Waals surface area contributed by atoms with Crippen molar-refractivity contribution in [3.8, 4) is 0 Å². The quantitative estimate of drug-likeness (QED) is 0.809. The summed E-state index contributed by atoms with van der Waals surface area (Å²) in [5.41, 5.74) is 0.172. The van der Waals surface area contributed by atoms with E-state index in [2.05, 4.69) is 15.1 Å². The van der Waals surface area contributed by atoms with Gasteiger partial charge in [-0.2, -0.15) is 13.2 Å². The average molecular weight is 409 g/mol. The van der Waals surface area contributed by atoms with Crippen molar-refractivity contribution in [2.45, 2.75) is 75.0 Å². The molecular formula is C21H26F3N3O2. The molecule has 5 aliphatic rings. The number of hydrogen-bond acceptors (Lipinski definition) is 3. The Hall–Kier alpha value is -1.96. The van der Waals surface area contributed by atoms with Crippen molar-refractivity contribution in [1.29, 1.82) is 0 Å². The number of nitrogens with one attached hydrogen (secondary N) is 1. The molecule has 5 heterocycles. The second-order valence-electron chi connectivity index (χ2n) is 8.79. The summed E-state index contributed by atoms with van der Waals surface area (Å²) >= 11 is 0. The van der Waals surface area contributed by atoms with Crippen LogP contribution in [-0.2, 0) is 10.9 Å². The van der Waals surface area contributed by atoms with E-state index in [0.29, 0.717) is 24.3 Å². The maximum Gasteiger partial charge on any atom is 0.416 e. The third-order valence-corrected chi connectivity index (χ3v) is 6.93. The van der Waals surface area contributed by atoms with Gasteiger partial charge in [-0.15, -0.1) is 0 Å². The van der Waals surface area contributed by atoms with Gasteiger partial charge in [-0.05, 0) is 62.8 Å². The van der Waals surface area contributed by atoms with Crippen molar-refractivity contribution in [1.82, 2.24) is 10.2 Å². The van der Waals surface area contributed by atoms with E-state index in [-0.39, 0.29) is 12.1 Å². The third kappa shape index (κ3) is 3.67. The molecular weight excluding hydrogens is 383 g/mol. The average Bonchev–Trinajstić information content (AvgIpc) is 2.67. The molecule has 8 heteroatoms. The molecule has 5 aliphatic heterocycles. The Bertz CT molecular complexity index is 731. The number of carbonyl (C=O) groups excluding carboxylic acids is 1. The maximum absolute atomic E-state index is 12.9. The van der Waals surface area contributed by atoms with Gasteiger partial charge in [-0.25, -0.2) is 4.79 Å². The van der Waals surface area contributed by atoms with E-state index in [4.69, 9.17) is 4.74 Å². The topological polar surface area (TPSA) is 44.8 Å². The minimum absolute atomic E-state index is 0.0479. The van der Waals surface area contributed by atoms with Crippen molar-refractivity contribution in [2.75, 3.05) is 18.0 Å². The monoisotopic (exact) mass is 409 g/mol. The van der Waals surface area contributed by atoms with Crippen LogP contribution in [0.3, 0.4) is 0 Å². The number of alkyl halides is 3. The van der Waals surface area contributed by atoms with Crippen molar-refractivity contribution < 1.29 is 22.7 Å². The first-order valence-electron chi connectivity index (χ1n) is 10.5. The number of ether oxygens (including phenoxy) is 1. The van der Waals surface area contributed by atoms with Crippen LogP contribution < -0.4 is 10.2 Å². The molecule has 6 rings (SSSR count). The molecule has 0 aromatic heterocycles. The van der Waals surface area contributed by atoms with Gasteiger partial charge in [0.05, 0.1) is 17.8 Å². The van der Waals surface area contributed by atoms with Crippen molar-refractivity contribution in [3.05, 3.63) is 29.8 Å². The first kappa shape index (κ1) is 19.0. The van der Waals surface area contributed by atoms with E-state index >= 15 is 0 Å². The summed E-state index contributed by atoms with van der Waals surface area (Å²) in [5, 5.41) is 3.22. The van der Waals surface area contributed by atoms with Crippen LogP contribution in [0.4, 0.5) is 23.7 Å². The van der Waals surface area contributed by atoms with E-state index in [0.717, 1.165) is 69.4 Å². The first-order chi connectivity index (χ1) is 13.9. The molecule has 5 nitrogen and oxygen atoms in total. The number of amides is 2. The van der Waals surface area contributed by atoms with Gasteiger partial charge in [-0.1, -0.05) is 0 Å². The number of urea groups is 1. The summed E-state index contributed by atoms with van der Waals surface area (Å²) in [6.07, 6.45) is 1.74. The van der Waals surface area contributed by atoms with Crippen LogP contribution in [0.1, 0.15) is 44.1 Å². The van der Waals surface area contributed by atoms with Crippen LogP contribution in [0.15, 0.2) is 24.3 Å². The molecule has 0 radical (unpaired) electrons. The standard InChI is InChI=1S/C21H26F3N3O2/c22-21(23,24)13-1-3-15(4-2-13)26-7-5-14(6-8-26)25-20(28)27-16-9-18-11-17(27)12-19(10-16)29-18/h1-4,14,16-19H,5-12H2,(H,25,28). The fourth-order valence-electron chi connectivity index (χ4n) is 5.57. The van der Waals surface area contributed by atoms with E-state index < -0.39 is 11.7 Å². The van der Waals surface area contributed by atoms with Crippen molar-refractivity contribution >= 4 is 11.7 Å². The number of anilines is 1. The lowest BCUT2D eigenvalue weighted by molar-refractivity contribution is -0.168. The molecule has 1 N–H and O–H groups in total. The molecule has 5 saturated heterocycles. The highest BCUT2D eigenvalue weighted by Crippen LogP contribution is 2.42. The molecule has 0 atom stereocenters. The SMILES string of the molecule is O=C(NC1CCN(c2ccc(C(F)(F)F)cc2)CC1)N1C2CC3CC1CC(C2)O3. The van der Waals surface area contributed by atoms with Gasteiger partial charge in [0.1, 0.15) is 0 Å². The fraction of sp³-hybridized carbons (Fsp3) is 0.667. The summed E-state index contributed by atoms with van der Waals surface area (Å²) in [7, 11) is 0. The molecule has 158 valence electrons. The molecule has 1 aromatic carbocycles. The number of piperidine rings is 3. The molecule has 5 fully saturated rings. The lowest BCUT2D eigenvalue weighted by atomic mass is 9.78. The Balaban J connectivity index is 1.15. The number of rotatable bonds is 2. The van der Waals surface area contributed by atoms with Gasteiger partial charge in [-0.3, -0.25) is 0 Å². The summed E-state index contributed by atoms with van der Waals surface area (Å²) in [6, 6.07) is 6.10. The lowest BCUT2D eigenvalue weighted by Gasteiger charge is -2.56. The lowest BCUT2D eigenvalue weighted by Crippen LogP contribution is -2.66. The summed E-state index contributed by atoms with van der Waals surface area (Å²) in [6.45, 7) is 1.45. The number of halogens is 3. The number of carbonyl (C=O) groups is 1. The van der Waals surface area contributed by atoms with E-state index in [9.17, 15) is 18.0 Å².